The molecule has 118 valence electrons. The van der Waals surface area contributed by atoms with Gasteiger partial charge < -0.3 is 5.11 Å². The molecule has 0 bridgehead atoms. The van der Waals surface area contributed by atoms with E-state index in [2.05, 4.69) is 4.72 Å². The summed E-state index contributed by atoms with van der Waals surface area (Å²) in [6.45, 7) is 0.434. The van der Waals surface area contributed by atoms with Crippen molar-refractivity contribution in [1.82, 2.24) is 9.62 Å². The van der Waals surface area contributed by atoms with Crippen molar-refractivity contribution in [1.29, 1.82) is 0 Å². The van der Waals surface area contributed by atoms with Crippen LogP contribution in [0, 0.1) is 0 Å². The van der Waals surface area contributed by atoms with Gasteiger partial charge in [0.15, 0.2) is 0 Å². The smallest absolute Gasteiger partial charge is 0.240 e. The van der Waals surface area contributed by atoms with Gasteiger partial charge in [0.25, 0.3) is 0 Å². The molecule has 22 heavy (non-hydrogen) atoms. The van der Waals surface area contributed by atoms with Gasteiger partial charge in [0.1, 0.15) is 6.23 Å². The lowest BCUT2D eigenvalue weighted by molar-refractivity contribution is 0.0152. The second-order valence-electron chi connectivity index (χ2n) is 5.05. The van der Waals surface area contributed by atoms with Crippen LogP contribution in [0.4, 0.5) is 0 Å². The molecule has 1 atom stereocenters. The Labute approximate surface area is 131 Å². The lowest BCUT2D eigenvalue weighted by atomic mass is 10.1. The van der Waals surface area contributed by atoms with Gasteiger partial charge in [0, 0.05) is 6.54 Å². The van der Waals surface area contributed by atoms with Gasteiger partial charge in [-0.3, -0.25) is 4.90 Å². The Hall–Kier alpha value is -1.73. The molecule has 0 saturated heterocycles. The van der Waals surface area contributed by atoms with Gasteiger partial charge in [0.05, 0.1) is 4.90 Å². The average Bonchev–Trinajstić information content (AvgIpc) is 2.55. The second-order valence-corrected chi connectivity index (χ2v) is 6.94. The molecule has 0 heterocycles. The van der Waals surface area contributed by atoms with E-state index in [1.807, 2.05) is 36.4 Å². The van der Waals surface area contributed by atoms with Crippen LogP contribution in [0.2, 0.25) is 0 Å². The Morgan fingerprint density at radius 3 is 2.45 bits per heavy atom. The van der Waals surface area contributed by atoms with Crippen LogP contribution in [0.1, 0.15) is 17.4 Å². The van der Waals surface area contributed by atoms with Crippen LogP contribution in [-0.2, 0) is 16.6 Å². The number of hydrogen-bond acceptors (Lipinski definition) is 4. The minimum absolute atomic E-state index is 0.218. The highest BCUT2D eigenvalue weighted by Crippen LogP contribution is 2.19. The maximum absolute atomic E-state index is 11.8. The Morgan fingerprint density at radius 1 is 1.14 bits per heavy atom. The largest absolute Gasteiger partial charge is 0.374 e. The molecule has 2 N–H and O–H groups in total. The van der Waals surface area contributed by atoms with E-state index in [9.17, 15) is 13.5 Å². The van der Waals surface area contributed by atoms with E-state index in [0.717, 1.165) is 11.1 Å². The van der Waals surface area contributed by atoms with Crippen molar-refractivity contribution >= 4 is 10.0 Å². The fraction of sp³-hybridized carbons (Fsp3) is 0.250. The summed E-state index contributed by atoms with van der Waals surface area (Å²) < 4.78 is 25.9. The summed E-state index contributed by atoms with van der Waals surface area (Å²) >= 11 is 0. The molecule has 0 fully saturated rings. The van der Waals surface area contributed by atoms with Crippen molar-refractivity contribution in [2.24, 2.45) is 0 Å². The lowest BCUT2D eigenvalue weighted by Crippen LogP contribution is -2.24. The first kappa shape index (κ1) is 16.6. The quantitative estimate of drug-likeness (QED) is 0.795. The van der Waals surface area contributed by atoms with Gasteiger partial charge in [-0.25, -0.2) is 13.1 Å². The Balaban J connectivity index is 2.15. The molecule has 5 nitrogen and oxygen atoms in total. The summed E-state index contributed by atoms with van der Waals surface area (Å²) in [5.41, 5.74) is 1.61. The highest BCUT2D eigenvalue weighted by Gasteiger charge is 2.15. The molecule has 0 saturated carbocycles. The lowest BCUT2D eigenvalue weighted by Gasteiger charge is -2.24. The third-order valence-electron chi connectivity index (χ3n) is 3.42. The Morgan fingerprint density at radius 2 is 1.82 bits per heavy atom. The van der Waals surface area contributed by atoms with Crippen molar-refractivity contribution in [3.63, 3.8) is 0 Å². The third-order valence-corrected chi connectivity index (χ3v) is 4.84. The van der Waals surface area contributed by atoms with E-state index in [-0.39, 0.29) is 4.90 Å². The summed E-state index contributed by atoms with van der Waals surface area (Å²) in [6.07, 6.45) is -0.745. The minimum atomic E-state index is -3.46. The molecule has 0 amide bonds. The number of sulfonamides is 1. The van der Waals surface area contributed by atoms with Crippen molar-refractivity contribution in [2.75, 3.05) is 14.1 Å². The first-order chi connectivity index (χ1) is 10.4. The SMILES string of the molecule is CNS(=O)(=O)c1cccc(CN(C)C(O)c2ccccc2)c1. The monoisotopic (exact) mass is 320 g/mol. The number of rotatable bonds is 6. The molecule has 0 aromatic heterocycles. The molecule has 0 radical (unpaired) electrons. The van der Waals surface area contributed by atoms with Gasteiger partial charge in [0.2, 0.25) is 10.0 Å². The van der Waals surface area contributed by atoms with Crippen LogP contribution in [0.15, 0.2) is 59.5 Å². The topological polar surface area (TPSA) is 69.6 Å². The number of aliphatic hydroxyl groups is 1. The molecule has 2 rings (SSSR count). The predicted octanol–water partition coefficient (Wildman–Crippen LogP) is 1.72. The van der Waals surface area contributed by atoms with Crippen LogP contribution in [0.25, 0.3) is 0 Å². The summed E-state index contributed by atoms with van der Waals surface area (Å²) in [7, 11) is -0.289. The molecular weight excluding hydrogens is 300 g/mol. The van der Waals surface area contributed by atoms with Crippen molar-refractivity contribution in [2.45, 2.75) is 17.7 Å². The second kappa shape index (κ2) is 7.02. The van der Waals surface area contributed by atoms with E-state index in [1.165, 1.54) is 7.05 Å². The summed E-state index contributed by atoms with van der Waals surface area (Å²) in [5, 5.41) is 10.3. The molecule has 0 aliphatic rings. The first-order valence-electron chi connectivity index (χ1n) is 6.90. The molecule has 0 spiro atoms. The maximum atomic E-state index is 11.8. The highest BCUT2D eigenvalue weighted by atomic mass is 32.2. The maximum Gasteiger partial charge on any atom is 0.240 e. The van der Waals surface area contributed by atoms with Gasteiger partial charge in [-0.2, -0.15) is 0 Å². The number of nitrogens with zero attached hydrogens (tertiary/aromatic N) is 1. The van der Waals surface area contributed by atoms with Crippen LogP contribution in [-0.4, -0.2) is 32.5 Å². The molecule has 1 unspecified atom stereocenters. The standard InChI is InChI=1S/C16H20N2O3S/c1-17-22(20,21)15-10-6-7-13(11-15)12-18(2)16(19)14-8-4-3-5-9-14/h3-11,16-17,19H,12H2,1-2H3. The zero-order chi connectivity index (χ0) is 16.2. The predicted molar refractivity (Wildman–Crippen MR) is 85.6 cm³/mol. The number of aliphatic hydroxyl groups excluding tert-OH is 1. The summed E-state index contributed by atoms with van der Waals surface area (Å²) in [4.78, 5) is 1.97. The first-order valence-corrected chi connectivity index (χ1v) is 8.38. The van der Waals surface area contributed by atoms with Crippen LogP contribution in [0.5, 0.6) is 0 Å². The van der Waals surface area contributed by atoms with Crippen LogP contribution >= 0.6 is 0 Å². The minimum Gasteiger partial charge on any atom is -0.374 e. The van der Waals surface area contributed by atoms with E-state index < -0.39 is 16.3 Å². The Kier molecular flexibility index (Phi) is 5.31. The van der Waals surface area contributed by atoms with Crippen molar-refractivity contribution < 1.29 is 13.5 Å². The zero-order valence-electron chi connectivity index (χ0n) is 12.6. The normalized spacial score (nSPS) is 13.3. The zero-order valence-corrected chi connectivity index (χ0v) is 13.4. The van der Waals surface area contributed by atoms with Gasteiger partial charge in [-0.15, -0.1) is 0 Å². The van der Waals surface area contributed by atoms with E-state index >= 15 is 0 Å². The average molecular weight is 320 g/mol. The van der Waals surface area contributed by atoms with Crippen LogP contribution in [0.3, 0.4) is 0 Å². The van der Waals surface area contributed by atoms with Crippen molar-refractivity contribution in [3.8, 4) is 0 Å². The highest BCUT2D eigenvalue weighted by molar-refractivity contribution is 7.89. The number of benzene rings is 2. The fourth-order valence-corrected chi connectivity index (χ4v) is 2.98. The molecule has 2 aromatic carbocycles. The summed E-state index contributed by atoms with van der Waals surface area (Å²) in [6, 6.07) is 16.0. The van der Waals surface area contributed by atoms with Crippen molar-refractivity contribution in [3.05, 3.63) is 65.7 Å². The Bertz CT molecular complexity index is 717. The van der Waals surface area contributed by atoms with Crippen LogP contribution < -0.4 is 4.72 Å². The van der Waals surface area contributed by atoms with E-state index in [4.69, 9.17) is 0 Å². The summed E-state index contributed by atoms with van der Waals surface area (Å²) in [5.74, 6) is 0. The van der Waals surface area contributed by atoms with Gasteiger partial charge in [-0.05, 0) is 37.4 Å². The third kappa shape index (κ3) is 3.92. The molecule has 2 aromatic rings. The molecule has 0 aliphatic carbocycles. The van der Waals surface area contributed by atoms with Gasteiger partial charge in [-0.1, -0.05) is 42.5 Å². The fourth-order valence-electron chi connectivity index (χ4n) is 2.18. The van der Waals surface area contributed by atoms with Gasteiger partial charge >= 0.3 is 0 Å². The molecule has 6 heteroatoms. The molecule has 0 aliphatic heterocycles. The number of nitrogens with one attached hydrogen (secondary N) is 1. The number of hydrogen-bond donors (Lipinski definition) is 2. The van der Waals surface area contributed by atoms with E-state index in [1.54, 1.807) is 30.1 Å². The van der Waals surface area contributed by atoms with E-state index in [0.29, 0.717) is 6.54 Å². The molecular formula is C16H20N2O3S.